The number of nitrogens with zero attached hydrogens (tertiary/aromatic N) is 1. The molecule has 3 N–H and O–H groups in total. The molecule has 1 aromatic heterocycles. The highest BCUT2D eigenvalue weighted by molar-refractivity contribution is 7.13. The van der Waals surface area contributed by atoms with E-state index >= 15 is 0 Å². The number of nitrogens with two attached hydrogens (primary N) is 1. The van der Waals surface area contributed by atoms with Crippen molar-refractivity contribution in [3.8, 4) is 10.6 Å². The fraction of sp³-hybridized carbons (Fsp3) is 0.167. The minimum Gasteiger partial charge on any atom is -0.481 e. The summed E-state index contributed by atoms with van der Waals surface area (Å²) < 4.78 is 12.8. The minimum atomic E-state index is -0.959. The first-order valence-corrected chi connectivity index (χ1v) is 6.13. The van der Waals surface area contributed by atoms with Crippen LogP contribution in [0.3, 0.4) is 0 Å². The van der Waals surface area contributed by atoms with Gasteiger partial charge in [0.15, 0.2) is 0 Å². The van der Waals surface area contributed by atoms with Crippen molar-refractivity contribution in [3.05, 3.63) is 41.2 Å². The van der Waals surface area contributed by atoms with Gasteiger partial charge in [0.25, 0.3) is 0 Å². The van der Waals surface area contributed by atoms with Crippen LogP contribution in [0.4, 0.5) is 4.39 Å². The molecule has 0 spiro atoms. The van der Waals surface area contributed by atoms with Crippen LogP contribution in [0.25, 0.3) is 10.6 Å². The van der Waals surface area contributed by atoms with Gasteiger partial charge in [0, 0.05) is 10.9 Å². The topological polar surface area (TPSA) is 76.2 Å². The van der Waals surface area contributed by atoms with Crippen molar-refractivity contribution >= 4 is 17.3 Å². The Morgan fingerprint density at radius 2 is 2.11 bits per heavy atom. The summed E-state index contributed by atoms with van der Waals surface area (Å²) in [5, 5.41) is 11.1. The summed E-state index contributed by atoms with van der Waals surface area (Å²) in [4.78, 5) is 14.8. The smallest absolute Gasteiger partial charge is 0.305 e. The Kier molecular flexibility index (Phi) is 3.69. The van der Waals surface area contributed by atoms with Crippen LogP contribution in [0.1, 0.15) is 18.2 Å². The first kappa shape index (κ1) is 12.7. The number of rotatable bonds is 4. The van der Waals surface area contributed by atoms with E-state index in [2.05, 4.69) is 4.98 Å². The summed E-state index contributed by atoms with van der Waals surface area (Å²) in [5.74, 6) is -1.27. The predicted molar refractivity (Wildman–Crippen MR) is 66.7 cm³/mol. The van der Waals surface area contributed by atoms with Gasteiger partial charge in [-0.15, -0.1) is 11.3 Å². The Balaban J connectivity index is 2.19. The van der Waals surface area contributed by atoms with Crippen molar-refractivity contribution in [2.75, 3.05) is 0 Å². The van der Waals surface area contributed by atoms with Crippen LogP contribution in [-0.4, -0.2) is 16.1 Å². The number of carbonyl (C=O) groups is 1. The van der Waals surface area contributed by atoms with Crippen molar-refractivity contribution < 1.29 is 14.3 Å². The van der Waals surface area contributed by atoms with Gasteiger partial charge in [0.1, 0.15) is 10.8 Å². The quantitative estimate of drug-likeness (QED) is 0.891. The highest BCUT2D eigenvalue weighted by atomic mass is 32.1. The second kappa shape index (κ2) is 5.24. The van der Waals surface area contributed by atoms with Gasteiger partial charge in [-0.25, -0.2) is 9.37 Å². The third kappa shape index (κ3) is 2.91. The summed E-state index contributed by atoms with van der Waals surface area (Å²) >= 11 is 1.36. The fourth-order valence-electron chi connectivity index (χ4n) is 1.47. The molecule has 18 heavy (non-hydrogen) atoms. The molecule has 1 atom stereocenters. The van der Waals surface area contributed by atoms with Crippen LogP contribution < -0.4 is 5.73 Å². The molecule has 2 rings (SSSR count). The molecule has 94 valence electrons. The van der Waals surface area contributed by atoms with Crippen LogP contribution in [0.2, 0.25) is 0 Å². The Hall–Kier alpha value is -1.79. The second-order valence-corrected chi connectivity index (χ2v) is 4.65. The molecule has 4 nitrogen and oxygen atoms in total. The van der Waals surface area contributed by atoms with Gasteiger partial charge >= 0.3 is 5.97 Å². The van der Waals surface area contributed by atoms with Gasteiger partial charge in [-0.1, -0.05) is 0 Å². The van der Waals surface area contributed by atoms with Crippen molar-refractivity contribution in [3.63, 3.8) is 0 Å². The SMILES string of the molecule is NC(CC(=O)O)c1csc(-c2ccc(F)cc2)n1. The molecule has 1 unspecified atom stereocenters. The predicted octanol–water partition coefficient (Wildman–Crippen LogP) is 2.42. The minimum absolute atomic E-state index is 0.160. The molecule has 0 aliphatic heterocycles. The van der Waals surface area contributed by atoms with E-state index in [4.69, 9.17) is 10.8 Å². The molecule has 0 amide bonds. The van der Waals surface area contributed by atoms with E-state index in [1.807, 2.05) is 0 Å². The summed E-state index contributed by atoms with van der Waals surface area (Å²) in [6.45, 7) is 0. The molecule has 0 radical (unpaired) electrons. The summed E-state index contributed by atoms with van der Waals surface area (Å²) in [5.41, 5.74) is 7.05. The van der Waals surface area contributed by atoms with Gasteiger partial charge in [-0.3, -0.25) is 4.79 Å². The average molecular weight is 266 g/mol. The first-order valence-electron chi connectivity index (χ1n) is 5.25. The van der Waals surface area contributed by atoms with Gasteiger partial charge in [-0.05, 0) is 24.3 Å². The molecule has 1 heterocycles. The largest absolute Gasteiger partial charge is 0.481 e. The molecule has 0 bridgehead atoms. The number of benzene rings is 1. The normalized spacial score (nSPS) is 12.3. The molecule has 2 aromatic rings. The highest BCUT2D eigenvalue weighted by Gasteiger charge is 2.14. The van der Waals surface area contributed by atoms with Crippen LogP contribution in [-0.2, 0) is 4.79 Å². The zero-order valence-electron chi connectivity index (χ0n) is 9.34. The van der Waals surface area contributed by atoms with E-state index in [9.17, 15) is 9.18 Å². The van der Waals surface area contributed by atoms with Crippen molar-refractivity contribution in [1.82, 2.24) is 4.98 Å². The number of hydrogen-bond donors (Lipinski definition) is 2. The molecule has 0 fully saturated rings. The van der Waals surface area contributed by atoms with Crippen molar-refractivity contribution in [1.29, 1.82) is 0 Å². The molecule has 6 heteroatoms. The van der Waals surface area contributed by atoms with Crippen LogP contribution in [0.15, 0.2) is 29.6 Å². The molecular weight excluding hydrogens is 255 g/mol. The highest BCUT2D eigenvalue weighted by Crippen LogP contribution is 2.26. The maximum atomic E-state index is 12.8. The van der Waals surface area contributed by atoms with E-state index in [1.54, 1.807) is 17.5 Å². The molecule has 0 aliphatic rings. The molecule has 1 aromatic carbocycles. The molecule has 0 saturated heterocycles. The Morgan fingerprint density at radius 3 is 2.72 bits per heavy atom. The van der Waals surface area contributed by atoms with Crippen LogP contribution >= 0.6 is 11.3 Å². The second-order valence-electron chi connectivity index (χ2n) is 3.79. The Labute approximate surface area is 107 Å². The number of hydrogen-bond acceptors (Lipinski definition) is 4. The third-order valence-corrected chi connectivity index (χ3v) is 3.30. The number of carboxylic acids is 1. The Morgan fingerprint density at radius 1 is 1.44 bits per heavy atom. The van der Waals surface area contributed by atoms with E-state index in [1.165, 1.54) is 23.5 Å². The molecular formula is C12H11FN2O2S. The lowest BCUT2D eigenvalue weighted by Crippen LogP contribution is -2.15. The van der Waals surface area contributed by atoms with E-state index < -0.39 is 12.0 Å². The van der Waals surface area contributed by atoms with Crippen molar-refractivity contribution in [2.45, 2.75) is 12.5 Å². The van der Waals surface area contributed by atoms with Crippen LogP contribution in [0, 0.1) is 5.82 Å². The monoisotopic (exact) mass is 266 g/mol. The number of carboxylic acid groups (broad SMARTS) is 1. The van der Waals surface area contributed by atoms with Gasteiger partial charge in [-0.2, -0.15) is 0 Å². The van der Waals surface area contributed by atoms with E-state index in [0.29, 0.717) is 10.7 Å². The van der Waals surface area contributed by atoms with Crippen LogP contribution in [0.5, 0.6) is 0 Å². The fourth-order valence-corrected chi connectivity index (χ4v) is 2.36. The lowest BCUT2D eigenvalue weighted by Gasteiger charge is -2.04. The molecule has 0 saturated carbocycles. The zero-order valence-corrected chi connectivity index (χ0v) is 10.2. The van der Waals surface area contributed by atoms with Gasteiger partial charge < -0.3 is 10.8 Å². The number of aromatic nitrogens is 1. The maximum Gasteiger partial charge on any atom is 0.305 e. The maximum absolute atomic E-state index is 12.8. The van der Waals surface area contributed by atoms with E-state index in [0.717, 1.165) is 5.56 Å². The number of thiazole rings is 1. The van der Waals surface area contributed by atoms with Gasteiger partial charge in [0.05, 0.1) is 18.2 Å². The summed E-state index contributed by atoms with van der Waals surface area (Å²) in [6.07, 6.45) is -0.160. The standard InChI is InChI=1S/C12H11FN2O2S/c13-8-3-1-7(2-4-8)12-15-10(6-18-12)9(14)5-11(16)17/h1-4,6,9H,5,14H2,(H,16,17). The molecule has 0 aliphatic carbocycles. The number of aliphatic carboxylic acids is 1. The summed E-state index contributed by atoms with van der Waals surface area (Å²) in [7, 11) is 0. The first-order chi connectivity index (χ1) is 8.56. The number of halogens is 1. The van der Waals surface area contributed by atoms with E-state index in [-0.39, 0.29) is 12.2 Å². The Bertz CT molecular complexity index is 553. The summed E-state index contributed by atoms with van der Waals surface area (Å²) in [6, 6.07) is 5.34. The van der Waals surface area contributed by atoms with Crippen molar-refractivity contribution in [2.24, 2.45) is 5.73 Å². The zero-order chi connectivity index (χ0) is 13.1. The lowest BCUT2D eigenvalue weighted by atomic mass is 10.2. The lowest BCUT2D eigenvalue weighted by molar-refractivity contribution is -0.137. The van der Waals surface area contributed by atoms with Gasteiger partial charge in [0.2, 0.25) is 0 Å². The third-order valence-electron chi connectivity index (χ3n) is 2.39. The average Bonchev–Trinajstić information content (AvgIpc) is 2.78.